The van der Waals surface area contributed by atoms with E-state index in [0.717, 1.165) is 5.57 Å². The van der Waals surface area contributed by atoms with Gasteiger partial charge in [-0.3, -0.25) is 0 Å². The topological polar surface area (TPSA) is 52.3 Å². The van der Waals surface area contributed by atoms with Gasteiger partial charge in [0.2, 0.25) is 0 Å². The Hall–Kier alpha value is -1.25. The minimum absolute atomic E-state index is 0.0787. The molecule has 0 atom stereocenters. The molecule has 0 aromatic heterocycles. The fraction of sp³-hybridized carbons (Fsp3) is 0.286. The summed E-state index contributed by atoms with van der Waals surface area (Å²) in [6.45, 7) is 5.29. The zero-order chi connectivity index (χ0) is 8.15. The maximum Gasteiger partial charge on any atom is 0.353 e. The first-order valence-electron chi connectivity index (χ1n) is 2.79. The van der Waals surface area contributed by atoms with E-state index in [9.17, 15) is 4.79 Å². The Kier molecular flexibility index (Phi) is 3.25. The van der Waals surface area contributed by atoms with Crippen molar-refractivity contribution in [2.24, 2.45) is 5.73 Å². The smallest absolute Gasteiger partial charge is 0.353 e. The van der Waals surface area contributed by atoms with Crippen LogP contribution in [0.4, 0.5) is 0 Å². The van der Waals surface area contributed by atoms with Gasteiger partial charge in [0.05, 0.1) is 7.11 Å². The van der Waals surface area contributed by atoms with Gasteiger partial charge in [-0.05, 0) is 13.0 Å². The van der Waals surface area contributed by atoms with Crippen molar-refractivity contribution in [3.05, 3.63) is 23.9 Å². The highest BCUT2D eigenvalue weighted by Crippen LogP contribution is 1.94. The Labute approximate surface area is 60.2 Å². The molecule has 0 unspecified atom stereocenters. The van der Waals surface area contributed by atoms with Crippen LogP contribution in [0.15, 0.2) is 23.9 Å². The maximum absolute atomic E-state index is 10.6. The van der Waals surface area contributed by atoms with Crippen LogP contribution in [-0.4, -0.2) is 13.1 Å². The summed E-state index contributed by atoms with van der Waals surface area (Å²) in [6, 6.07) is 0. The highest BCUT2D eigenvalue weighted by Gasteiger charge is 2.01. The van der Waals surface area contributed by atoms with Crippen LogP contribution >= 0.6 is 0 Å². The Morgan fingerprint density at radius 1 is 1.70 bits per heavy atom. The summed E-state index contributed by atoms with van der Waals surface area (Å²) >= 11 is 0. The number of hydrogen-bond acceptors (Lipinski definition) is 3. The number of hydrogen-bond donors (Lipinski definition) is 1. The lowest BCUT2D eigenvalue weighted by Gasteiger charge is -1.96. The average molecular weight is 141 g/mol. The minimum Gasteiger partial charge on any atom is -0.464 e. The lowest BCUT2D eigenvalue weighted by atomic mass is 10.3. The van der Waals surface area contributed by atoms with E-state index in [4.69, 9.17) is 5.73 Å². The summed E-state index contributed by atoms with van der Waals surface area (Å²) in [6.07, 6.45) is 1.46. The molecule has 0 aliphatic carbocycles. The molecule has 2 N–H and O–H groups in total. The van der Waals surface area contributed by atoms with Gasteiger partial charge >= 0.3 is 5.97 Å². The van der Waals surface area contributed by atoms with Gasteiger partial charge < -0.3 is 10.5 Å². The second-order valence-corrected chi connectivity index (χ2v) is 1.94. The van der Waals surface area contributed by atoms with Crippen molar-refractivity contribution in [3.63, 3.8) is 0 Å². The van der Waals surface area contributed by atoms with Gasteiger partial charge in [0.15, 0.2) is 0 Å². The van der Waals surface area contributed by atoms with Gasteiger partial charge in [0, 0.05) is 0 Å². The number of allylic oxidation sites excluding steroid dienone is 2. The maximum atomic E-state index is 10.6. The fourth-order valence-electron chi connectivity index (χ4n) is 0.442. The Morgan fingerprint density at radius 2 is 2.20 bits per heavy atom. The molecule has 3 heteroatoms. The van der Waals surface area contributed by atoms with E-state index >= 15 is 0 Å². The van der Waals surface area contributed by atoms with Crippen molar-refractivity contribution in [1.82, 2.24) is 0 Å². The van der Waals surface area contributed by atoms with Crippen molar-refractivity contribution in [2.45, 2.75) is 6.92 Å². The van der Waals surface area contributed by atoms with Crippen LogP contribution in [0.1, 0.15) is 6.92 Å². The molecular weight excluding hydrogens is 130 g/mol. The lowest BCUT2D eigenvalue weighted by molar-refractivity contribution is -0.136. The zero-order valence-corrected chi connectivity index (χ0v) is 6.18. The summed E-state index contributed by atoms with van der Waals surface area (Å²) in [4.78, 5) is 10.6. The van der Waals surface area contributed by atoms with Crippen LogP contribution < -0.4 is 5.73 Å². The minimum atomic E-state index is -0.525. The molecule has 0 aliphatic rings. The number of carbonyl (C=O) groups is 1. The van der Waals surface area contributed by atoms with E-state index in [1.165, 1.54) is 13.2 Å². The first-order chi connectivity index (χ1) is 4.57. The summed E-state index contributed by atoms with van der Waals surface area (Å²) in [7, 11) is 1.28. The Bertz CT molecular complexity index is 182. The first-order valence-corrected chi connectivity index (χ1v) is 2.79. The van der Waals surface area contributed by atoms with E-state index < -0.39 is 5.97 Å². The number of carbonyl (C=O) groups excluding carboxylic acids is 1. The molecule has 3 nitrogen and oxygen atoms in total. The van der Waals surface area contributed by atoms with Gasteiger partial charge in [-0.25, -0.2) is 4.79 Å². The molecule has 0 heterocycles. The van der Waals surface area contributed by atoms with Gasteiger partial charge in [0.25, 0.3) is 0 Å². The lowest BCUT2D eigenvalue weighted by Crippen LogP contribution is -2.12. The van der Waals surface area contributed by atoms with Crippen LogP contribution in [0.2, 0.25) is 0 Å². The molecule has 56 valence electrons. The highest BCUT2D eigenvalue weighted by molar-refractivity contribution is 5.87. The van der Waals surface area contributed by atoms with Crippen molar-refractivity contribution < 1.29 is 9.53 Å². The zero-order valence-electron chi connectivity index (χ0n) is 6.18. The van der Waals surface area contributed by atoms with Gasteiger partial charge in [0.1, 0.15) is 5.70 Å². The molecule has 0 fully saturated rings. The van der Waals surface area contributed by atoms with Crippen LogP contribution in [0.3, 0.4) is 0 Å². The second-order valence-electron chi connectivity index (χ2n) is 1.94. The number of esters is 1. The quantitative estimate of drug-likeness (QED) is 0.347. The van der Waals surface area contributed by atoms with Crippen molar-refractivity contribution in [1.29, 1.82) is 0 Å². The molecule has 0 saturated heterocycles. The monoisotopic (exact) mass is 141 g/mol. The number of methoxy groups -OCH3 is 1. The van der Waals surface area contributed by atoms with Crippen molar-refractivity contribution in [2.75, 3.05) is 7.11 Å². The molecule has 0 spiro atoms. The summed E-state index contributed by atoms with van der Waals surface area (Å²) in [5.41, 5.74) is 6.06. The van der Waals surface area contributed by atoms with E-state index in [1.54, 1.807) is 6.92 Å². The molecule has 0 aliphatic heterocycles. The van der Waals surface area contributed by atoms with Crippen LogP contribution in [0, 0.1) is 0 Å². The third-order valence-corrected chi connectivity index (χ3v) is 0.823. The summed E-state index contributed by atoms with van der Waals surface area (Å²) in [5, 5.41) is 0. The third-order valence-electron chi connectivity index (χ3n) is 0.823. The van der Waals surface area contributed by atoms with Crippen LogP contribution in [-0.2, 0) is 9.53 Å². The predicted octanol–water partition coefficient (Wildman–Crippen LogP) is 0.578. The van der Waals surface area contributed by atoms with E-state index in [2.05, 4.69) is 11.3 Å². The molecule has 0 bridgehead atoms. The second kappa shape index (κ2) is 3.71. The Morgan fingerprint density at radius 3 is 2.50 bits per heavy atom. The van der Waals surface area contributed by atoms with E-state index in [-0.39, 0.29) is 5.70 Å². The fourth-order valence-corrected chi connectivity index (χ4v) is 0.442. The van der Waals surface area contributed by atoms with E-state index in [0.29, 0.717) is 0 Å². The first kappa shape index (κ1) is 8.75. The molecule has 0 rings (SSSR count). The van der Waals surface area contributed by atoms with E-state index in [1.807, 2.05) is 0 Å². The standard InChI is InChI=1S/C7H11NO2/c1-5(2)4-6(8)7(9)10-3/h4H,1,8H2,2-3H3/b6-4-. The molecular formula is C7H11NO2. The van der Waals surface area contributed by atoms with Crippen LogP contribution in [0.5, 0.6) is 0 Å². The molecule has 0 aromatic carbocycles. The van der Waals surface area contributed by atoms with Crippen LogP contribution in [0.25, 0.3) is 0 Å². The molecule has 0 aromatic rings. The predicted molar refractivity (Wildman–Crippen MR) is 39.1 cm³/mol. The van der Waals surface area contributed by atoms with Crippen molar-refractivity contribution in [3.8, 4) is 0 Å². The van der Waals surface area contributed by atoms with Gasteiger partial charge in [-0.2, -0.15) is 0 Å². The third kappa shape index (κ3) is 2.91. The summed E-state index contributed by atoms with van der Waals surface area (Å²) < 4.78 is 4.34. The molecule has 0 amide bonds. The molecule has 0 saturated carbocycles. The highest BCUT2D eigenvalue weighted by atomic mass is 16.5. The number of rotatable bonds is 2. The SMILES string of the molecule is C=C(C)/C=C(\N)C(=O)OC. The average Bonchev–Trinajstić information content (AvgIpc) is 1.85. The number of ether oxygens (including phenoxy) is 1. The normalized spacial score (nSPS) is 10.8. The molecule has 10 heavy (non-hydrogen) atoms. The van der Waals surface area contributed by atoms with Gasteiger partial charge in [-0.15, -0.1) is 0 Å². The van der Waals surface area contributed by atoms with Gasteiger partial charge in [-0.1, -0.05) is 12.2 Å². The Balaban J connectivity index is 4.19. The number of nitrogens with two attached hydrogens (primary N) is 1. The largest absolute Gasteiger partial charge is 0.464 e. The summed E-state index contributed by atoms with van der Waals surface area (Å²) in [5.74, 6) is -0.525. The molecule has 0 radical (unpaired) electrons. The van der Waals surface area contributed by atoms with Crippen molar-refractivity contribution >= 4 is 5.97 Å².